The number of halogens is 1. The Morgan fingerprint density at radius 2 is 1.81 bits per heavy atom. The number of anilines is 2. The molecule has 2 rings (SSSR count). The molecule has 0 unspecified atom stereocenters. The smallest absolute Gasteiger partial charge is 0.226 e. The molecule has 1 N–H and O–H groups in total. The van der Waals surface area contributed by atoms with Crippen LogP contribution in [0.4, 0.5) is 15.8 Å². The fourth-order valence-corrected chi connectivity index (χ4v) is 2.46. The van der Waals surface area contributed by atoms with Gasteiger partial charge in [0.15, 0.2) is 11.5 Å². The lowest BCUT2D eigenvalue weighted by atomic mass is 10.2. The first kappa shape index (κ1) is 19.2. The molecule has 7 heteroatoms. The summed E-state index contributed by atoms with van der Waals surface area (Å²) in [5.74, 6) is 0.0701. The van der Waals surface area contributed by atoms with Crippen molar-refractivity contribution in [1.82, 2.24) is 0 Å². The Bertz CT molecular complexity index is 795. The molecule has 0 fully saturated rings. The van der Waals surface area contributed by atoms with Crippen molar-refractivity contribution in [3.63, 3.8) is 0 Å². The molecule has 0 aromatic heterocycles. The van der Waals surface area contributed by atoms with Crippen LogP contribution in [0.1, 0.15) is 13.3 Å². The van der Waals surface area contributed by atoms with Crippen molar-refractivity contribution in [2.75, 3.05) is 31.0 Å². The molecule has 0 aliphatic heterocycles. The van der Waals surface area contributed by atoms with Gasteiger partial charge in [-0.3, -0.25) is 9.59 Å². The highest BCUT2D eigenvalue weighted by Gasteiger charge is 2.16. The average Bonchev–Trinajstić information content (AvgIpc) is 2.61. The number of carbonyl (C=O) groups excluding carboxylic acids is 2. The highest BCUT2D eigenvalue weighted by molar-refractivity contribution is 5.95. The van der Waals surface area contributed by atoms with E-state index in [2.05, 4.69) is 5.32 Å². The number of rotatable bonds is 7. The fourth-order valence-electron chi connectivity index (χ4n) is 2.46. The zero-order valence-electron chi connectivity index (χ0n) is 14.9. The maximum Gasteiger partial charge on any atom is 0.226 e. The van der Waals surface area contributed by atoms with Crippen LogP contribution in [-0.2, 0) is 9.59 Å². The van der Waals surface area contributed by atoms with Gasteiger partial charge in [-0.1, -0.05) is 6.07 Å². The third-order valence-corrected chi connectivity index (χ3v) is 3.73. The molecule has 0 heterocycles. The number of nitrogens with zero attached hydrogens (tertiary/aromatic N) is 1. The highest BCUT2D eigenvalue weighted by Crippen LogP contribution is 2.31. The lowest BCUT2D eigenvalue weighted by molar-refractivity contribution is -0.117. The Kier molecular flexibility index (Phi) is 6.54. The number of methoxy groups -OCH3 is 2. The van der Waals surface area contributed by atoms with Crippen molar-refractivity contribution in [3.8, 4) is 11.5 Å². The summed E-state index contributed by atoms with van der Waals surface area (Å²) >= 11 is 0. The second-order valence-electron chi connectivity index (χ2n) is 5.52. The van der Waals surface area contributed by atoms with Gasteiger partial charge in [-0.15, -0.1) is 0 Å². The number of ether oxygens (including phenoxy) is 2. The second-order valence-corrected chi connectivity index (χ2v) is 5.52. The second kappa shape index (κ2) is 8.84. The molecule has 0 spiro atoms. The van der Waals surface area contributed by atoms with E-state index in [-0.39, 0.29) is 24.8 Å². The molecular weight excluding hydrogens is 339 g/mol. The minimum atomic E-state index is -0.432. The van der Waals surface area contributed by atoms with E-state index >= 15 is 0 Å². The molecule has 6 nitrogen and oxygen atoms in total. The number of amides is 2. The van der Waals surface area contributed by atoms with E-state index < -0.39 is 5.82 Å². The van der Waals surface area contributed by atoms with E-state index in [9.17, 15) is 14.0 Å². The predicted molar refractivity (Wildman–Crippen MR) is 97.2 cm³/mol. The van der Waals surface area contributed by atoms with Gasteiger partial charge >= 0.3 is 0 Å². The average molecular weight is 360 g/mol. The standard InChI is InChI=1S/C19H21FN2O4/c1-13(23)22(16-7-8-17(25-2)18(12-16)26-3)10-9-19(24)21-15-6-4-5-14(20)11-15/h4-8,11-12H,9-10H2,1-3H3,(H,21,24). The summed E-state index contributed by atoms with van der Waals surface area (Å²) in [7, 11) is 3.03. The minimum Gasteiger partial charge on any atom is -0.493 e. The molecule has 2 amide bonds. The Balaban J connectivity index is 2.06. The highest BCUT2D eigenvalue weighted by atomic mass is 19.1. The summed E-state index contributed by atoms with van der Waals surface area (Å²) in [6, 6.07) is 10.7. The predicted octanol–water partition coefficient (Wildman–Crippen LogP) is 3.22. The van der Waals surface area contributed by atoms with Crippen LogP contribution in [0.15, 0.2) is 42.5 Å². The van der Waals surface area contributed by atoms with Gasteiger partial charge in [0.2, 0.25) is 11.8 Å². The van der Waals surface area contributed by atoms with Crippen LogP contribution in [0.25, 0.3) is 0 Å². The lowest BCUT2D eigenvalue weighted by Crippen LogP contribution is -2.32. The van der Waals surface area contributed by atoms with Crippen molar-refractivity contribution < 1.29 is 23.5 Å². The number of carbonyl (C=O) groups is 2. The van der Waals surface area contributed by atoms with E-state index in [1.807, 2.05) is 0 Å². The van der Waals surface area contributed by atoms with Crippen LogP contribution in [0.5, 0.6) is 11.5 Å². The van der Waals surface area contributed by atoms with E-state index in [0.29, 0.717) is 22.9 Å². The maximum atomic E-state index is 13.2. The molecule has 0 saturated heterocycles. The maximum absolute atomic E-state index is 13.2. The molecule has 2 aromatic rings. The van der Waals surface area contributed by atoms with Crippen molar-refractivity contribution in [1.29, 1.82) is 0 Å². The third kappa shape index (κ3) is 4.95. The summed E-state index contributed by atoms with van der Waals surface area (Å²) in [5.41, 5.74) is 0.962. The van der Waals surface area contributed by atoms with Gasteiger partial charge in [-0.05, 0) is 30.3 Å². The molecular formula is C19H21FN2O4. The van der Waals surface area contributed by atoms with Crippen molar-refractivity contribution in [2.24, 2.45) is 0 Å². The topological polar surface area (TPSA) is 67.9 Å². The third-order valence-electron chi connectivity index (χ3n) is 3.73. The van der Waals surface area contributed by atoms with Crippen LogP contribution < -0.4 is 19.7 Å². The molecule has 138 valence electrons. The van der Waals surface area contributed by atoms with Crippen molar-refractivity contribution >= 4 is 23.2 Å². The normalized spacial score (nSPS) is 10.2. The Morgan fingerprint density at radius 1 is 1.08 bits per heavy atom. The van der Waals surface area contributed by atoms with Gasteiger partial charge < -0.3 is 19.7 Å². The van der Waals surface area contributed by atoms with Crippen LogP contribution in [0.2, 0.25) is 0 Å². The van der Waals surface area contributed by atoms with Crippen LogP contribution in [-0.4, -0.2) is 32.6 Å². The van der Waals surface area contributed by atoms with Gasteiger partial charge in [-0.25, -0.2) is 4.39 Å². The number of hydrogen-bond acceptors (Lipinski definition) is 4. The molecule has 26 heavy (non-hydrogen) atoms. The molecule has 0 radical (unpaired) electrons. The van der Waals surface area contributed by atoms with E-state index in [4.69, 9.17) is 9.47 Å². The van der Waals surface area contributed by atoms with Gasteiger partial charge in [0.1, 0.15) is 5.82 Å². The summed E-state index contributed by atoms with van der Waals surface area (Å²) in [4.78, 5) is 25.5. The largest absolute Gasteiger partial charge is 0.493 e. The zero-order chi connectivity index (χ0) is 19.1. The van der Waals surface area contributed by atoms with Gasteiger partial charge in [0, 0.05) is 37.3 Å². The first-order valence-electron chi connectivity index (χ1n) is 8.00. The van der Waals surface area contributed by atoms with Crippen LogP contribution in [0, 0.1) is 5.82 Å². The lowest BCUT2D eigenvalue weighted by Gasteiger charge is -2.22. The first-order chi connectivity index (χ1) is 12.4. The molecule has 2 aromatic carbocycles. The first-order valence-corrected chi connectivity index (χ1v) is 8.00. The molecule has 0 bridgehead atoms. The van der Waals surface area contributed by atoms with Gasteiger partial charge in [0.05, 0.1) is 14.2 Å². The number of hydrogen-bond donors (Lipinski definition) is 1. The number of nitrogens with one attached hydrogen (secondary N) is 1. The van der Waals surface area contributed by atoms with E-state index in [1.54, 1.807) is 24.3 Å². The van der Waals surface area contributed by atoms with Crippen molar-refractivity contribution in [2.45, 2.75) is 13.3 Å². The minimum absolute atomic E-state index is 0.0600. The number of benzene rings is 2. The van der Waals surface area contributed by atoms with Crippen LogP contribution in [0.3, 0.4) is 0 Å². The molecule has 0 saturated carbocycles. The molecule has 0 aliphatic rings. The van der Waals surface area contributed by atoms with E-state index in [1.165, 1.54) is 44.2 Å². The van der Waals surface area contributed by atoms with Crippen molar-refractivity contribution in [3.05, 3.63) is 48.3 Å². The fraction of sp³-hybridized carbons (Fsp3) is 0.263. The monoisotopic (exact) mass is 360 g/mol. The Morgan fingerprint density at radius 3 is 2.42 bits per heavy atom. The van der Waals surface area contributed by atoms with E-state index in [0.717, 1.165) is 0 Å². The summed E-state index contributed by atoms with van der Waals surface area (Å²) < 4.78 is 23.6. The molecule has 0 atom stereocenters. The summed E-state index contributed by atoms with van der Waals surface area (Å²) in [6.45, 7) is 1.59. The summed E-state index contributed by atoms with van der Waals surface area (Å²) in [6.07, 6.45) is 0.0600. The molecule has 0 aliphatic carbocycles. The Labute approximate surface area is 151 Å². The SMILES string of the molecule is COc1ccc(N(CCC(=O)Nc2cccc(F)c2)C(C)=O)cc1OC. The zero-order valence-corrected chi connectivity index (χ0v) is 14.9. The quantitative estimate of drug-likeness (QED) is 0.823. The summed E-state index contributed by atoms with van der Waals surface area (Å²) in [5, 5.41) is 2.61. The Hall–Kier alpha value is -3.09. The van der Waals surface area contributed by atoms with Gasteiger partial charge in [-0.2, -0.15) is 0 Å². The van der Waals surface area contributed by atoms with Gasteiger partial charge in [0.25, 0.3) is 0 Å². The van der Waals surface area contributed by atoms with Crippen LogP contribution >= 0.6 is 0 Å².